The van der Waals surface area contributed by atoms with E-state index in [1.165, 1.54) is 80.4 Å². The van der Waals surface area contributed by atoms with Gasteiger partial charge in [-0.2, -0.15) is 0 Å². The molecule has 4 aromatic carbocycles. The zero-order valence-corrected chi connectivity index (χ0v) is 25.7. The van der Waals surface area contributed by atoms with Crippen LogP contribution in [-0.2, 0) is 12.5 Å². The summed E-state index contributed by atoms with van der Waals surface area (Å²) in [7, 11) is 2.21. The number of hydrogen-bond acceptors (Lipinski definition) is 0. The maximum absolute atomic E-state index is 2.53. The second-order valence-electron chi connectivity index (χ2n) is 13.6. The van der Waals surface area contributed by atoms with E-state index in [1.54, 1.807) is 5.56 Å². The molecule has 1 heterocycles. The lowest BCUT2D eigenvalue weighted by molar-refractivity contribution is -0.659. The van der Waals surface area contributed by atoms with E-state index in [0.29, 0.717) is 11.3 Å². The molecule has 1 aromatic heterocycles. The van der Waals surface area contributed by atoms with Crippen LogP contribution >= 0.6 is 0 Å². The Morgan fingerprint density at radius 1 is 0.775 bits per heavy atom. The van der Waals surface area contributed by atoms with Crippen LogP contribution in [0.25, 0.3) is 43.6 Å². The Bertz CT molecular complexity index is 1720. The first kappa shape index (κ1) is 27.0. The van der Waals surface area contributed by atoms with Crippen LogP contribution in [-0.4, -0.2) is 0 Å². The van der Waals surface area contributed by atoms with Crippen molar-refractivity contribution < 1.29 is 4.57 Å². The molecule has 0 N–H and O–H groups in total. The third-order valence-electron chi connectivity index (χ3n) is 10.8. The maximum Gasteiger partial charge on any atom is 0.220 e. The lowest BCUT2D eigenvalue weighted by atomic mass is 9.70. The third-order valence-corrected chi connectivity index (χ3v) is 10.8. The predicted octanol–water partition coefficient (Wildman–Crippen LogP) is 10.7. The van der Waals surface area contributed by atoms with Crippen molar-refractivity contribution in [2.75, 3.05) is 0 Å². The van der Waals surface area contributed by atoms with Crippen LogP contribution in [0.5, 0.6) is 0 Å². The van der Waals surface area contributed by atoms with E-state index in [9.17, 15) is 0 Å². The van der Waals surface area contributed by atoms with Gasteiger partial charge in [-0.15, -0.1) is 0 Å². The molecule has 0 spiro atoms. The first-order valence-corrected chi connectivity index (χ1v) is 15.5. The maximum atomic E-state index is 2.53. The monoisotopic (exact) mass is 528 g/mol. The van der Waals surface area contributed by atoms with Crippen molar-refractivity contribution in [3.05, 3.63) is 89.6 Å². The summed E-state index contributed by atoms with van der Waals surface area (Å²) in [5.74, 6) is 0.666. The molecule has 0 amide bonds. The van der Waals surface area contributed by atoms with Crippen LogP contribution in [0.3, 0.4) is 0 Å². The molecule has 0 bridgehead atoms. The summed E-state index contributed by atoms with van der Waals surface area (Å²) in [4.78, 5) is 0. The van der Waals surface area contributed by atoms with E-state index in [-0.39, 0.29) is 5.41 Å². The second-order valence-corrected chi connectivity index (χ2v) is 13.6. The van der Waals surface area contributed by atoms with E-state index in [0.717, 1.165) is 12.8 Å². The molecular formula is C39H46N+. The molecule has 40 heavy (non-hydrogen) atoms. The normalized spacial score (nSPS) is 16.3. The van der Waals surface area contributed by atoms with Crippen molar-refractivity contribution in [3.63, 3.8) is 0 Å². The van der Waals surface area contributed by atoms with Gasteiger partial charge in [0.05, 0.1) is 10.9 Å². The predicted molar refractivity (Wildman–Crippen MR) is 173 cm³/mol. The highest BCUT2D eigenvalue weighted by atomic mass is 14.9. The summed E-state index contributed by atoms with van der Waals surface area (Å²) < 4.78 is 2.34. The number of nitrogens with zero attached hydrogens (tertiary/aromatic N) is 1. The van der Waals surface area contributed by atoms with Crippen LogP contribution in [0.2, 0.25) is 0 Å². The fraction of sp³-hybridized carbons (Fsp3) is 0.410. The molecule has 1 aliphatic carbocycles. The molecule has 0 unspecified atom stereocenters. The quantitative estimate of drug-likeness (QED) is 0.158. The molecule has 0 saturated heterocycles. The number of pyridine rings is 1. The second kappa shape index (κ2) is 10.0. The zero-order chi connectivity index (χ0) is 28.2. The summed E-state index contributed by atoms with van der Waals surface area (Å²) in [5.41, 5.74) is 7.71. The minimum atomic E-state index is 0.140. The third kappa shape index (κ3) is 4.33. The van der Waals surface area contributed by atoms with Gasteiger partial charge in [0.25, 0.3) is 0 Å². The van der Waals surface area contributed by atoms with Crippen molar-refractivity contribution >= 4 is 32.3 Å². The Hall–Kier alpha value is -3.19. The summed E-state index contributed by atoms with van der Waals surface area (Å²) in [6.45, 7) is 14.3. The zero-order valence-electron chi connectivity index (χ0n) is 25.7. The number of benzene rings is 4. The van der Waals surface area contributed by atoms with Crippen LogP contribution in [0.4, 0.5) is 0 Å². The Morgan fingerprint density at radius 3 is 2.10 bits per heavy atom. The van der Waals surface area contributed by atoms with Gasteiger partial charge in [0, 0.05) is 11.5 Å². The number of aryl methyl sites for hydroxylation is 2. The standard InChI is InChI=1S/C39H46N/c1-8-39(6,9-2)36-25-35(26(3)28-13-10-11-14-33(28)36)37-34-18-17-31-29(27-19-22-38(4,5)23-20-27)15-12-16-30(31)32(34)21-24-40(37)7/h10-18,21,24-25,27H,8-9,19-20,22-23H2,1-7H3/q+1. The largest absolute Gasteiger partial charge is 0.220 e. The minimum Gasteiger partial charge on any atom is -0.200 e. The van der Waals surface area contributed by atoms with Crippen molar-refractivity contribution in [1.82, 2.24) is 0 Å². The molecule has 1 heteroatoms. The molecule has 5 aromatic rings. The number of rotatable bonds is 5. The lowest BCUT2D eigenvalue weighted by Crippen LogP contribution is -2.31. The van der Waals surface area contributed by atoms with E-state index < -0.39 is 0 Å². The van der Waals surface area contributed by atoms with Crippen molar-refractivity contribution in [2.24, 2.45) is 12.5 Å². The highest BCUT2D eigenvalue weighted by Gasteiger charge is 2.30. The van der Waals surface area contributed by atoms with Crippen molar-refractivity contribution in [1.29, 1.82) is 0 Å². The van der Waals surface area contributed by atoms with Gasteiger partial charge in [0.15, 0.2) is 6.20 Å². The summed E-state index contributed by atoms with van der Waals surface area (Å²) >= 11 is 0. The van der Waals surface area contributed by atoms with Gasteiger partial charge >= 0.3 is 0 Å². The Labute approximate surface area is 241 Å². The molecule has 1 fully saturated rings. The average Bonchev–Trinajstić information content (AvgIpc) is 2.97. The van der Waals surface area contributed by atoms with Crippen molar-refractivity contribution in [2.45, 2.75) is 91.4 Å². The fourth-order valence-corrected chi connectivity index (χ4v) is 7.54. The van der Waals surface area contributed by atoms with E-state index >= 15 is 0 Å². The molecular weight excluding hydrogens is 482 g/mol. The van der Waals surface area contributed by atoms with Gasteiger partial charge in [-0.05, 0) is 113 Å². The summed E-state index contributed by atoms with van der Waals surface area (Å²) in [6.07, 6.45) is 9.77. The van der Waals surface area contributed by atoms with Crippen LogP contribution < -0.4 is 4.57 Å². The molecule has 1 saturated carbocycles. The molecule has 6 rings (SSSR count). The molecule has 0 aliphatic heterocycles. The van der Waals surface area contributed by atoms with Gasteiger partial charge < -0.3 is 0 Å². The van der Waals surface area contributed by atoms with Crippen molar-refractivity contribution in [3.8, 4) is 11.3 Å². The SMILES string of the molecule is CCC(C)(CC)c1cc(-c2c3ccc4c(C5CCC(C)(C)CC5)cccc4c3cc[n+]2C)c(C)c2ccccc12. The van der Waals surface area contributed by atoms with E-state index in [4.69, 9.17) is 0 Å². The van der Waals surface area contributed by atoms with Gasteiger partial charge in [-0.25, -0.2) is 4.57 Å². The topological polar surface area (TPSA) is 3.88 Å². The smallest absolute Gasteiger partial charge is 0.200 e. The number of aromatic nitrogens is 1. The van der Waals surface area contributed by atoms with E-state index in [2.05, 4.69) is 126 Å². The highest BCUT2D eigenvalue weighted by molar-refractivity contribution is 6.12. The first-order chi connectivity index (χ1) is 19.2. The molecule has 0 radical (unpaired) electrons. The van der Waals surface area contributed by atoms with Gasteiger partial charge in [0.1, 0.15) is 7.05 Å². The Kier molecular flexibility index (Phi) is 6.76. The lowest BCUT2D eigenvalue weighted by Gasteiger charge is -2.35. The molecule has 206 valence electrons. The van der Waals surface area contributed by atoms with Gasteiger partial charge in [0.2, 0.25) is 5.69 Å². The van der Waals surface area contributed by atoms with E-state index in [1.807, 2.05) is 0 Å². The fourth-order valence-electron chi connectivity index (χ4n) is 7.54. The summed E-state index contributed by atoms with van der Waals surface area (Å²) in [6, 6.07) is 25.8. The molecule has 1 aliphatic rings. The summed E-state index contributed by atoms with van der Waals surface area (Å²) in [5, 5.41) is 8.34. The molecule has 0 atom stereocenters. The van der Waals surface area contributed by atoms with Crippen LogP contribution in [0, 0.1) is 12.3 Å². The molecule has 1 nitrogen and oxygen atoms in total. The highest BCUT2D eigenvalue weighted by Crippen LogP contribution is 2.46. The Balaban J connectivity index is 1.60. The van der Waals surface area contributed by atoms with Gasteiger partial charge in [-0.3, -0.25) is 0 Å². The van der Waals surface area contributed by atoms with Crippen LogP contribution in [0.15, 0.2) is 72.9 Å². The number of hydrogen-bond donors (Lipinski definition) is 0. The number of fused-ring (bicyclic) bond motifs is 4. The average molecular weight is 529 g/mol. The first-order valence-electron chi connectivity index (χ1n) is 15.5. The Morgan fingerprint density at radius 2 is 1.40 bits per heavy atom. The van der Waals surface area contributed by atoms with Crippen LogP contribution in [0.1, 0.15) is 95.8 Å². The van der Waals surface area contributed by atoms with Gasteiger partial charge in [-0.1, -0.05) is 83.1 Å². The minimum absolute atomic E-state index is 0.140.